The van der Waals surface area contributed by atoms with Gasteiger partial charge in [-0.15, -0.1) is 0 Å². The molecule has 1 aliphatic rings. The van der Waals surface area contributed by atoms with Crippen molar-refractivity contribution in [1.29, 1.82) is 0 Å². The number of benzene rings is 1. The fourth-order valence-electron chi connectivity index (χ4n) is 2.51. The quantitative estimate of drug-likeness (QED) is 0.784. The van der Waals surface area contributed by atoms with Crippen molar-refractivity contribution >= 4 is 34.1 Å². The average Bonchev–Trinajstić information content (AvgIpc) is 2.99. The van der Waals surface area contributed by atoms with Gasteiger partial charge in [-0.3, -0.25) is 9.36 Å². The molecule has 0 N–H and O–H groups in total. The molecule has 7 heteroatoms. The largest absolute Gasteiger partial charge is 0.377 e. The molecule has 2 aromatic rings. The molecule has 1 aromatic carbocycles. The summed E-state index contributed by atoms with van der Waals surface area (Å²) in [5, 5.41) is 1.21. The Hall–Kier alpha value is -1.14. The molecular weight excluding hydrogens is 327 g/mol. The van der Waals surface area contributed by atoms with Crippen LogP contribution in [0.15, 0.2) is 23.3 Å². The molecule has 1 atom stereocenters. The Bertz CT molecular complexity index is 727. The molecule has 0 bridgehead atoms. The van der Waals surface area contributed by atoms with E-state index in [2.05, 4.69) is 4.98 Å². The molecule has 0 spiro atoms. The van der Waals surface area contributed by atoms with Crippen LogP contribution in [0.25, 0.3) is 10.9 Å². The fourth-order valence-corrected chi connectivity index (χ4v) is 3.05. The number of aromatic nitrogens is 2. The SMILES string of the molecule is O=c1c2cc(Cl)cc(Cl)c2ncn1CCOCC1CCCO1. The maximum Gasteiger partial charge on any atom is 0.261 e. The lowest BCUT2D eigenvalue weighted by atomic mass is 10.2. The first-order chi connectivity index (χ1) is 10.6. The minimum atomic E-state index is -0.171. The number of nitrogens with zero attached hydrogens (tertiary/aromatic N) is 2. The normalized spacial score (nSPS) is 18.2. The van der Waals surface area contributed by atoms with E-state index in [-0.39, 0.29) is 11.7 Å². The van der Waals surface area contributed by atoms with Crippen LogP contribution in [-0.4, -0.2) is 35.5 Å². The maximum absolute atomic E-state index is 12.4. The minimum Gasteiger partial charge on any atom is -0.377 e. The Labute approximate surface area is 137 Å². The van der Waals surface area contributed by atoms with Gasteiger partial charge in [0.25, 0.3) is 5.56 Å². The molecule has 0 saturated carbocycles. The van der Waals surface area contributed by atoms with Crippen molar-refractivity contribution in [2.24, 2.45) is 0 Å². The molecule has 0 radical (unpaired) electrons. The summed E-state index contributed by atoms with van der Waals surface area (Å²) in [7, 11) is 0. The van der Waals surface area contributed by atoms with Crippen LogP contribution in [0.3, 0.4) is 0 Å². The van der Waals surface area contributed by atoms with Crippen molar-refractivity contribution in [2.75, 3.05) is 19.8 Å². The minimum absolute atomic E-state index is 0.171. The van der Waals surface area contributed by atoms with Gasteiger partial charge in [-0.1, -0.05) is 23.2 Å². The van der Waals surface area contributed by atoms with Crippen LogP contribution < -0.4 is 5.56 Å². The lowest BCUT2D eigenvalue weighted by Gasteiger charge is -2.11. The van der Waals surface area contributed by atoms with E-state index in [1.54, 1.807) is 12.1 Å². The molecule has 2 heterocycles. The van der Waals surface area contributed by atoms with Crippen molar-refractivity contribution in [3.05, 3.63) is 38.9 Å². The Morgan fingerprint density at radius 3 is 3.05 bits per heavy atom. The van der Waals surface area contributed by atoms with Gasteiger partial charge in [0, 0.05) is 11.6 Å². The van der Waals surface area contributed by atoms with Crippen LogP contribution in [0.4, 0.5) is 0 Å². The summed E-state index contributed by atoms with van der Waals surface area (Å²) in [4.78, 5) is 16.6. The third-order valence-electron chi connectivity index (χ3n) is 3.65. The summed E-state index contributed by atoms with van der Waals surface area (Å²) in [5.74, 6) is 0. The molecule has 22 heavy (non-hydrogen) atoms. The summed E-state index contributed by atoms with van der Waals surface area (Å²) in [6.07, 6.45) is 3.79. The van der Waals surface area contributed by atoms with Gasteiger partial charge in [0.15, 0.2) is 0 Å². The van der Waals surface area contributed by atoms with E-state index >= 15 is 0 Å². The molecule has 1 fully saturated rings. The van der Waals surface area contributed by atoms with E-state index in [4.69, 9.17) is 32.7 Å². The third-order valence-corrected chi connectivity index (χ3v) is 4.16. The Morgan fingerprint density at radius 1 is 1.41 bits per heavy atom. The predicted octanol–water partition coefficient (Wildman–Crippen LogP) is 2.90. The van der Waals surface area contributed by atoms with Crippen molar-refractivity contribution < 1.29 is 9.47 Å². The van der Waals surface area contributed by atoms with Crippen LogP contribution in [0, 0.1) is 0 Å². The van der Waals surface area contributed by atoms with Crippen molar-refractivity contribution in [1.82, 2.24) is 9.55 Å². The predicted molar refractivity (Wildman–Crippen MR) is 85.8 cm³/mol. The van der Waals surface area contributed by atoms with E-state index in [1.165, 1.54) is 10.9 Å². The number of rotatable bonds is 5. The van der Waals surface area contributed by atoms with Gasteiger partial charge >= 0.3 is 0 Å². The third kappa shape index (κ3) is 3.43. The van der Waals surface area contributed by atoms with E-state index in [9.17, 15) is 4.79 Å². The number of hydrogen-bond acceptors (Lipinski definition) is 4. The Kier molecular flexibility index (Phi) is 4.98. The molecule has 1 aliphatic heterocycles. The Balaban J connectivity index is 1.68. The second-order valence-electron chi connectivity index (χ2n) is 5.24. The van der Waals surface area contributed by atoms with Gasteiger partial charge in [0.05, 0.1) is 48.1 Å². The van der Waals surface area contributed by atoms with E-state index in [0.717, 1.165) is 19.4 Å². The van der Waals surface area contributed by atoms with Crippen molar-refractivity contribution in [2.45, 2.75) is 25.5 Å². The Morgan fingerprint density at radius 2 is 2.27 bits per heavy atom. The fraction of sp³-hybridized carbons (Fsp3) is 0.467. The molecule has 3 rings (SSSR count). The molecule has 118 valence electrons. The second-order valence-corrected chi connectivity index (χ2v) is 6.08. The average molecular weight is 343 g/mol. The van der Waals surface area contributed by atoms with Gasteiger partial charge < -0.3 is 9.47 Å². The van der Waals surface area contributed by atoms with Gasteiger partial charge in [0.1, 0.15) is 0 Å². The topological polar surface area (TPSA) is 53.4 Å². The molecular formula is C15H16Cl2N2O3. The lowest BCUT2D eigenvalue weighted by Crippen LogP contribution is -2.24. The van der Waals surface area contributed by atoms with Crippen molar-refractivity contribution in [3.63, 3.8) is 0 Å². The standard InChI is InChI=1S/C15H16Cl2N2O3/c16-10-6-12-14(13(17)7-10)18-9-19(15(12)20)3-5-21-8-11-2-1-4-22-11/h6-7,9,11H,1-5,8H2. The number of halogens is 2. The van der Waals surface area contributed by atoms with Crippen LogP contribution in [0.2, 0.25) is 10.0 Å². The van der Waals surface area contributed by atoms with Crippen LogP contribution in [-0.2, 0) is 16.0 Å². The van der Waals surface area contributed by atoms with Crippen molar-refractivity contribution in [3.8, 4) is 0 Å². The smallest absolute Gasteiger partial charge is 0.261 e. The van der Waals surface area contributed by atoms with E-state index in [0.29, 0.717) is 40.7 Å². The first-order valence-corrected chi connectivity index (χ1v) is 7.94. The van der Waals surface area contributed by atoms with Gasteiger partial charge in [-0.2, -0.15) is 0 Å². The van der Waals surface area contributed by atoms with Crippen LogP contribution in [0.1, 0.15) is 12.8 Å². The summed E-state index contributed by atoms with van der Waals surface area (Å²) >= 11 is 12.0. The molecule has 0 aliphatic carbocycles. The highest BCUT2D eigenvalue weighted by atomic mass is 35.5. The second kappa shape index (κ2) is 6.96. The van der Waals surface area contributed by atoms with E-state index in [1.807, 2.05) is 0 Å². The molecule has 1 saturated heterocycles. The van der Waals surface area contributed by atoms with E-state index < -0.39 is 0 Å². The molecule has 5 nitrogen and oxygen atoms in total. The number of ether oxygens (including phenoxy) is 2. The molecule has 1 aromatic heterocycles. The lowest BCUT2D eigenvalue weighted by molar-refractivity contribution is 0.0146. The summed E-state index contributed by atoms with van der Waals surface area (Å²) in [6.45, 7) is 2.23. The van der Waals surface area contributed by atoms with Gasteiger partial charge in [0.2, 0.25) is 0 Å². The highest BCUT2D eigenvalue weighted by Crippen LogP contribution is 2.23. The summed E-state index contributed by atoms with van der Waals surface area (Å²) < 4.78 is 12.6. The first kappa shape index (κ1) is 15.7. The monoisotopic (exact) mass is 342 g/mol. The van der Waals surface area contributed by atoms with Crippen LogP contribution >= 0.6 is 23.2 Å². The summed E-state index contributed by atoms with van der Waals surface area (Å²) in [5.41, 5.74) is 0.294. The summed E-state index contributed by atoms with van der Waals surface area (Å²) in [6, 6.07) is 3.16. The maximum atomic E-state index is 12.4. The number of fused-ring (bicyclic) bond motifs is 1. The molecule has 0 amide bonds. The highest BCUT2D eigenvalue weighted by Gasteiger charge is 2.15. The molecule has 1 unspecified atom stereocenters. The first-order valence-electron chi connectivity index (χ1n) is 7.18. The highest BCUT2D eigenvalue weighted by molar-refractivity contribution is 6.38. The number of hydrogen-bond donors (Lipinski definition) is 0. The van der Waals surface area contributed by atoms with Crippen LogP contribution in [0.5, 0.6) is 0 Å². The zero-order valence-electron chi connectivity index (χ0n) is 11.9. The zero-order valence-corrected chi connectivity index (χ0v) is 13.4. The zero-order chi connectivity index (χ0) is 15.5. The van der Waals surface area contributed by atoms with Gasteiger partial charge in [-0.25, -0.2) is 4.98 Å². The van der Waals surface area contributed by atoms with Gasteiger partial charge in [-0.05, 0) is 25.0 Å².